The van der Waals surface area contributed by atoms with Crippen molar-refractivity contribution in [3.63, 3.8) is 0 Å². The lowest BCUT2D eigenvalue weighted by Gasteiger charge is -2.22. The smallest absolute Gasteiger partial charge is 0.267 e. The van der Waals surface area contributed by atoms with Gasteiger partial charge in [-0.2, -0.15) is 8.42 Å². The second-order valence-electron chi connectivity index (χ2n) is 15.5. The molecule has 0 bridgehead atoms. The van der Waals surface area contributed by atoms with E-state index in [1.807, 2.05) is 0 Å². The summed E-state index contributed by atoms with van der Waals surface area (Å²) in [5.74, 6) is -1.57. The van der Waals surface area contributed by atoms with Crippen molar-refractivity contribution in [3.8, 4) is 0 Å². The number of rotatable bonds is 40. The van der Waals surface area contributed by atoms with Gasteiger partial charge >= 0.3 is 0 Å². The van der Waals surface area contributed by atoms with Crippen molar-refractivity contribution in [1.29, 1.82) is 0 Å². The third-order valence-electron chi connectivity index (χ3n) is 10.1. The summed E-state index contributed by atoms with van der Waals surface area (Å²) in [6.45, 7) is 4.52. The van der Waals surface area contributed by atoms with E-state index in [1.54, 1.807) is 6.08 Å². The van der Waals surface area contributed by atoms with Gasteiger partial charge in [-0.3, -0.25) is 9.35 Å². The summed E-state index contributed by atoms with van der Waals surface area (Å²) >= 11 is 0. The normalized spacial score (nSPS) is 14.1. The predicted molar refractivity (Wildman–Crippen MR) is 227 cm³/mol. The number of nitrogens with one attached hydrogen (secondary N) is 1. The van der Waals surface area contributed by atoms with Gasteiger partial charge in [-0.15, -0.1) is 0 Å². The third kappa shape index (κ3) is 38.6. The molecule has 53 heavy (non-hydrogen) atoms. The Morgan fingerprint density at radius 3 is 1.25 bits per heavy atom. The van der Waals surface area contributed by atoms with Crippen molar-refractivity contribution >= 4 is 16.0 Å². The number of carbonyl (C=O) groups excluding carboxylic acids is 1. The summed E-state index contributed by atoms with van der Waals surface area (Å²) in [4.78, 5) is 12.6. The Labute approximate surface area is 328 Å². The van der Waals surface area contributed by atoms with Crippen LogP contribution in [0, 0.1) is 0 Å². The largest absolute Gasteiger partial charge is 0.387 e. The average Bonchev–Trinajstić information content (AvgIpc) is 3.12. The highest BCUT2D eigenvalue weighted by Gasteiger charge is 2.27. The van der Waals surface area contributed by atoms with Crippen LogP contribution in [0.2, 0.25) is 0 Å². The molecule has 0 rings (SSSR count). The minimum Gasteiger partial charge on any atom is -0.387 e. The number of unbranched alkanes of at least 4 members (excludes halogenated alkanes) is 27. The van der Waals surface area contributed by atoms with Gasteiger partial charge in [0.05, 0.1) is 17.9 Å². The topological polar surface area (TPSA) is 124 Å². The van der Waals surface area contributed by atoms with Crippen LogP contribution < -0.4 is 5.32 Å². The Balaban J connectivity index is 4.04. The molecule has 4 N–H and O–H groups in total. The van der Waals surface area contributed by atoms with Crippen molar-refractivity contribution in [2.45, 2.75) is 238 Å². The van der Waals surface area contributed by atoms with E-state index in [2.05, 4.69) is 43.5 Å². The molecule has 7 nitrogen and oxygen atoms in total. The first-order valence-electron chi connectivity index (χ1n) is 22.3. The maximum Gasteiger partial charge on any atom is 0.267 e. The monoisotopic (exact) mass is 768 g/mol. The molecule has 0 aliphatic carbocycles. The van der Waals surface area contributed by atoms with Crippen molar-refractivity contribution in [2.75, 3.05) is 5.75 Å². The van der Waals surface area contributed by atoms with Crippen LogP contribution in [0.15, 0.2) is 36.5 Å². The van der Waals surface area contributed by atoms with E-state index >= 15 is 0 Å². The summed E-state index contributed by atoms with van der Waals surface area (Å²) < 4.78 is 32.6. The van der Waals surface area contributed by atoms with Crippen LogP contribution in [0.1, 0.15) is 219 Å². The molecule has 3 atom stereocenters. The molecule has 0 fully saturated rings. The molecule has 0 aromatic carbocycles. The molecule has 0 aromatic heterocycles. The molecule has 8 heteroatoms. The fraction of sp³-hybridized carbons (Fsp3) is 0.844. The first-order chi connectivity index (χ1) is 25.7. The van der Waals surface area contributed by atoms with Gasteiger partial charge in [0.15, 0.2) is 0 Å². The zero-order valence-corrected chi connectivity index (χ0v) is 35.3. The predicted octanol–water partition coefficient (Wildman–Crippen LogP) is 12.3. The summed E-state index contributed by atoms with van der Waals surface area (Å²) in [6.07, 6.45) is 47.8. The molecule has 0 aliphatic rings. The summed E-state index contributed by atoms with van der Waals surface area (Å²) in [6, 6.07) is -1.25. The quantitative estimate of drug-likeness (QED) is 0.0280. The van der Waals surface area contributed by atoms with Gasteiger partial charge < -0.3 is 15.5 Å². The van der Waals surface area contributed by atoms with Crippen LogP contribution >= 0.6 is 0 Å². The minimum absolute atomic E-state index is 0.260. The third-order valence-corrected chi connectivity index (χ3v) is 10.9. The number of aliphatic hydroxyl groups excluding tert-OH is 2. The van der Waals surface area contributed by atoms with Gasteiger partial charge in [0.1, 0.15) is 6.10 Å². The number of allylic oxidation sites excluding steroid dienone is 5. The Morgan fingerprint density at radius 2 is 0.849 bits per heavy atom. The van der Waals surface area contributed by atoms with Gasteiger partial charge in [-0.25, -0.2) is 0 Å². The molecule has 1 amide bonds. The minimum atomic E-state index is -4.46. The average molecular weight is 768 g/mol. The van der Waals surface area contributed by atoms with Crippen molar-refractivity contribution < 1.29 is 28.0 Å². The Kier molecular flexibility index (Phi) is 37.7. The number of hydrogen-bond acceptors (Lipinski definition) is 5. The SMILES string of the molecule is CCCCCCCCC/C=C\CCCCCCC(O)C(=O)NC(CS(=O)(=O)O)C(O)/C=C/CC/C=C/CCCCCCCCCCCCCCCCC. The van der Waals surface area contributed by atoms with Crippen LogP contribution in [0.4, 0.5) is 0 Å². The van der Waals surface area contributed by atoms with Crippen molar-refractivity contribution in [3.05, 3.63) is 36.5 Å². The van der Waals surface area contributed by atoms with Crippen molar-refractivity contribution in [1.82, 2.24) is 5.32 Å². The second kappa shape index (κ2) is 38.8. The maximum absolute atomic E-state index is 12.6. The van der Waals surface area contributed by atoms with Crippen molar-refractivity contribution in [2.24, 2.45) is 0 Å². The molecule has 0 saturated carbocycles. The van der Waals surface area contributed by atoms with E-state index in [0.717, 1.165) is 44.9 Å². The Hall–Kier alpha value is -1.48. The van der Waals surface area contributed by atoms with Crippen LogP contribution in [0.25, 0.3) is 0 Å². The van der Waals surface area contributed by atoms with E-state index in [4.69, 9.17) is 0 Å². The summed E-state index contributed by atoms with van der Waals surface area (Å²) in [5, 5.41) is 23.4. The zero-order chi connectivity index (χ0) is 39.1. The standard InChI is InChI=1S/C45H85NO6S/c1-3-5-7-9-11-13-15-17-19-20-21-22-23-24-26-27-29-31-33-35-37-39-43(47)42(41-53(50,51)52)46-45(49)44(48)40-38-36-34-32-30-28-25-18-16-14-12-10-8-6-4-2/h25,28-29,31,37,39,42-44,47-48H,3-24,26-27,30,32-36,38,40-41H2,1-2H3,(H,46,49)(H,50,51,52)/b28-25-,31-29+,39-37+. The molecule has 0 heterocycles. The van der Waals surface area contributed by atoms with Gasteiger partial charge in [-0.05, 0) is 57.8 Å². The molecule has 0 saturated heterocycles. The van der Waals surface area contributed by atoms with E-state index in [-0.39, 0.29) is 6.42 Å². The van der Waals surface area contributed by atoms with Gasteiger partial charge in [0.25, 0.3) is 10.1 Å². The fourth-order valence-corrected chi connectivity index (χ4v) is 7.44. The highest BCUT2D eigenvalue weighted by Crippen LogP contribution is 2.15. The molecule has 0 aliphatic heterocycles. The summed E-state index contributed by atoms with van der Waals surface area (Å²) in [5.41, 5.74) is 0. The van der Waals surface area contributed by atoms with E-state index < -0.39 is 40.0 Å². The number of carbonyl (C=O) groups is 1. The molecule has 312 valence electrons. The molecule has 3 unspecified atom stereocenters. The maximum atomic E-state index is 12.6. The number of aliphatic hydroxyl groups is 2. The lowest BCUT2D eigenvalue weighted by atomic mass is 10.0. The van der Waals surface area contributed by atoms with E-state index in [1.165, 1.54) is 147 Å². The van der Waals surface area contributed by atoms with Crippen LogP contribution in [0.5, 0.6) is 0 Å². The second-order valence-corrected chi connectivity index (χ2v) is 17.0. The van der Waals surface area contributed by atoms with Crippen LogP contribution in [0.3, 0.4) is 0 Å². The molecular weight excluding hydrogens is 683 g/mol. The molecule has 0 radical (unpaired) electrons. The Morgan fingerprint density at radius 1 is 0.509 bits per heavy atom. The van der Waals surface area contributed by atoms with Gasteiger partial charge in [0, 0.05) is 0 Å². The number of hydrogen-bond donors (Lipinski definition) is 4. The highest BCUT2D eigenvalue weighted by molar-refractivity contribution is 7.85. The first-order valence-corrected chi connectivity index (χ1v) is 23.9. The highest BCUT2D eigenvalue weighted by atomic mass is 32.2. The van der Waals surface area contributed by atoms with Gasteiger partial charge in [0.2, 0.25) is 5.91 Å². The number of amides is 1. The van der Waals surface area contributed by atoms with Crippen LogP contribution in [-0.2, 0) is 14.9 Å². The molecule has 0 spiro atoms. The van der Waals surface area contributed by atoms with Gasteiger partial charge in [-0.1, -0.05) is 198 Å². The summed E-state index contributed by atoms with van der Waals surface area (Å²) in [7, 11) is -4.46. The lowest BCUT2D eigenvalue weighted by Crippen LogP contribution is -2.50. The zero-order valence-electron chi connectivity index (χ0n) is 34.5. The Bertz CT molecular complexity index is 995. The van der Waals surface area contributed by atoms with E-state index in [9.17, 15) is 28.0 Å². The fourth-order valence-electron chi connectivity index (χ4n) is 6.70. The lowest BCUT2D eigenvalue weighted by molar-refractivity contribution is -0.130. The molecular formula is C45H85NO6S. The first kappa shape index (κ1) is 51.5. The van der Waals surface area contributed by atoms with Crippen LogP contribution in [-0.4, -0.2) is 53.1 Å². The van der Waals surface area contributed by atoms with E-state index in [0.29, 0.717) is 12.8 Å². The molecule has 0 aromatic rings.